The van der Waals surface area contributed by atoms with Gasteiger partial charge in [-0.05, 0) is 37.6 Å². The van der Waals surface area contributed by atoms with Crippen molar-refractivity contribution >= 4 is 21.6 Å². The number of anilines is 1. The second kappa shape index (κ2) is 5.38. The lowest BCUT2D eigenvalue weighted by Gasteiger charge is -2.27. The van der Waals surface area contributed by atoms with E-state index in [2.05, 4.69) is 58.2 Å². The van der Waals surface area contributed by atoms with Gasteiger partial charge in [0.2, 0.25) is 0 Å². The van der Waals surface area contributed by atoms with Crippen molar-refractivity contribution in [3.05, 3.63) is 28.2 Å². The Balaban J connectivity index is 2.24. The molecular formula is C13H19BrN2O. The minimum atomic E-state index is -0.303. The number of aryl methyl sites for hydroxylation is 1. The molecule has 1 saturated heterocycles. The van der Waals surface area contributed by atoms with Crippen molar-refractivity contribution in [3.63, 3.8) is 0 Å². The summed E-state index contributed by atoms with van der Waals surface area (Å²) in [5.41, 5.74) is 2.45. The van der Waals surface area contributed by atoms with Crippen LogP contribution in [0, 0.1) is 6.92 Å². The topological polar surface area (TPSA) is 35.5 Å². The van der Waals surface area contributed by atoms with Gasteiger partial charge < -0.3 is 15.3 Å². The number of nitrogens with zero attached hydrogens (tertiary/aromatic N) is 1. The van der Waals surface area contributed by atoms with E-state index >= 15 is 0 Å². The Morgan fingerprint density at radius 2 is 2.18 bits per heavy atom. The maximum atomic E-state index is 9.87. The normalized spacial score (nSPS) is 25.8. The van der Waals surface area contributed by atoms with Crippen LogP contribution in [0.5, 0.6) is 0 Å². The van der Waals surface area contributed by atoms with Crippen LogP contribution in [-0.4, -0.2) is 36.9 Å². The molecule has 0 amide bonds. The number of aliphatic hydroxyl groups is 1. The van der Waals surface area contributed by atoms with Gasteiger partial charge in [-0.1, -0.05) is 15.9 Å². The molecule has 1 aliphatic heterocycles. The number of aliphatic hydroxyl groups excluding tert-OH is 1. The Morgan fingerprint density at radius 3 is 2.88 bits per heavy atom. The Kier molecular flexibility index (Phi) is 4.07. The first-order chi connectivity index (χ1) is 8.06. The second-order valence-corrected chi connectivity index (χ2v) is 5.71. The lowest BCUT2D eigenvalue weighted by Crippen LogP contribution is -2.35. The number of nitrogens with one attached hydrogen (secondary N) is 1. The summed E-state index contributed by atoms with van der Waals surface area (Å²) in [4.78, 5) is 2.26. The second-order valence-electron chi connectivity index (χ2n) is 4.80. The van der Waals surface area contributed by atoms with E-state index in [1.54, 1.807) is 0 Å². The fourth-order valence-corrected chi connectivity index (χ4v) is 2.77. The smallest absolute Gasteiger partial charge is 0.0839 e. The quantitative estimate of drug-likeness (QED) is 0.831. The SMILES string of the molecule is Cc1cc(Br)ccc1N1CC(O)CNC(C)C1. The molecule has 0 bridgehead atoms. The molecule has 0 radical (unpaired) electrons. The molecule has 0 saturated carbocycles. The number of β-amino-alcohol motifs (C(OH)–C–C–N with tert-alkyl or cyclic N) is 1. The summed E-state index contributed by atoms with van der Waals surface area (Å²) in [6, 6.07) is 6.68. The van der Waals surface area contributed by atoms with Crippen LogP contribution in [0.1, 0.15) is 12.5 Å². The molecule has 1 fully saturated rings. The van der Waals surface area contributed by atoms with Crippen molar-refractivity contribution < 1.29 is 5.11 Å². The van der Waals surface area contributed by atoms with Gasteiger partial charge >= 0.3 is 0 Å². The molecule has 0 spiro atoms. The Labute approximate surface area is 111 Å². The van der Waals surface area contributed by atoms with Crippen molar-refractivity contribution in [3.8, 4) is 0 Å². The molecule has 1 heterocycles. The van der Waals surface area contributed by atoms with Gasteiger partial charge in [-0.15, -0.1) is 0 Å². The summed E-state index contributed by atoms with van der Waals surface area (Å²) in [7, 11) is 0. The van der Waals surface area contributed by atoms with E-state index in [1.165, 1.54) is 11.3 Å². The molecule has 3 nitrogen and oxygen atoms in total. The van der Waals surface area contributed by atoms with Crippen LogP contribution in [0.25, 0.3) is 0 Å². The molecule has 1 aliphatic rings. The zero-order valence-corrected chi connectivity index (χ0v) is 11.9. The minimum Gasteiger partial charge on any atom is -0.390 e. The van der Waals surface area contributed by atoms with E-state index in [0.29, 0.717) is 19.1 Å². The summed E-state index contributed by atoms with van der Waals surface area (Å²) in [5, 5.41) is 13.2. The van der Waals surface area contributed by atoms with Crippen LogP contribution in [0.4, 0.5) is 5.69 Å². The third kappa shape index (κ3) is 3.21. The monoisotopic (exact) mass is 298 g/mol. The lowest BCUT2D eigenvalue weighted by atomic mass is 10.1. The Morgan fingerprint density at radius 1 is 1.41 bits per heavy atom. The molecular weight excluding hydrogens is 280 g/mol. The first-order valence-corrected chi connectivity index (χ1v) is 6.78. The number of hydrogen-bond acceptors (Lipinski definition) is 3. The summed E-state index contributed by atoms with van der Waals surface area (Å²) in [5.74, 6) is 0. The summed E-state index contributed by atoms with van der Waals surface area (Å²) >= 11 is 3.48. The van der Waals surface area contributed by atoms with Gasteiger partial charge in [0.25, 0.3) is 0 Å². The predicted molar refractivity (Wildman–Crippen MR) is 74.6 cm³/mol. The minimum absolute atomic E-state index is 0.303. The van der Waals surface area contributed by atoms with Crippen molar-refractivity contribution in [2.75, 3.05) is 24.5 Å². The summed E-state index contributed by atoms with van der Waals surface area (Å²) < 4.78 is 1.10. The van der Waals surface area contributed by atoms with Gasteiger partial charge in [0.1, 0.15) is 0 Å². The van der Waals surface area contributed by atoms with Crippen molar-refractivity contribution in [1.82, 2.24) is 5.32 Å². The van der Waals surface area contributed by atoms with Crippen LogP contribution in [-0.2, 0) is 0 Å². The molecule has 4 heteroatoms. The largest absolute Gasteiger partial charge is 0.390 e. The van der Waals surface area contributed by atoms with E-state index in [1.807, 2.05) is 0 Å². The highest BCUT2D eigenvalue weighted by Crippen LogP contribution is 2.24. The summed E-state index contributed by atoms with van der Waals surface area (Å²) in [6.45, 7) is 6.56. The Bertz CT molecular complexity index is 385. The fourth-order valence-electron chi connectivity index (χ4n) is 2.30. The Hall–Kier alpha value is -0.580. The fraction of sp³-hybridized carbons (Fsp3) is 0.538. The molecule has 2 rings (SSSR count). The average Bonchev–Trinajstić information content (AvgIpc) is 2.40. The van der Waals surface area contributed by atoms with Gasteiger partial charge in [0.05, 0.1) is 6.10 Å². The van der Waals surface area contributed by atoms with Crippen molar-refractivity contribution in [2.45, 2.75) is 26.0 Å². The molecule has 2 atom stereocenters. The van der Waals surface area contributed by atoms with Gasteiger partial charge in [-0.25, -0.2) is 0 Å². The standard InChI is InChI=1S/C13H19BrN2O/c1-9-5-11(14)3-4-13(9)16-7-10(2)15-6-12(17)8-16/h3-5,10,12,15,17H,6-8H2,1-2H3. The highest BCUT2D eigenvalue weighted by Gasteiger charge is 2.20. The van der Waals surface area contributed by atoms with E-state index in [-0.39, 0.29) is 6.10 Å². The van der Waals surface area contributed by atoms with E-state index in [4.69, 9.17) is 0 Å². The molecule has 94 valence electrons. The maximum Gasteiger partial charge on any atom is 0.0839 e. The third-order valence-electron chi connectivity index (χ3n) is 3.13. The van der Waals surface area contributed by atoms with Gasteiger partial charge in [-0.3, -0.25) is 0 Å². The zero-order valence-electron chi connectivity index (χ0n) is 10.3. The maximum absolute atomic E-state index is 9.87. The molecule has 1 aromatic carbocycles. The first kappa shape index (κ1) is 12.9. The van der Waals surface area contributed by atoms with Crippen molar-refractivity contribution in [1.29, 1.82) is 0 Å². The molecule has 1 aromatic rings. The first-order valence-electron chi connectivity index (χ1n) is 5.99. The highest BCUT2D eigenvalue weighted by atomic mass is 79.9. The van der Waals surface area contributed by atoms with Crippen LogP contribution >= 0.6 is 15.9 Å². The highest BCUT2D eigenvalue weighted by molar-refractivity contribution is 9.10. The van der Waals surface area contributed by atoms with E-state index in [0.717, 1.165) is 11.0 Å². The van der Waals surface area contributed by atoms with Crippen LogP contribution in [0.15, 0.2) is 22.7 Å². The van der Waals surface area contributed by atoms with Crippen LogP contribution in [0.3, 0.4) is 0 Å². The molecule has 17 heavy (non-hydrogen) atoms. The molecule has 2 unspecified atom stereocenters. The average molecular weight is 299 g/mol. The number of rotatable bonds is 1. The lowest BCUT2D eigenvalue weighted by molar-refractivity contribution is 0.183. The number of benzene rings is 1. The van der Waals surface area contributed by atoms with Gasteiger partial charge in [0, 0.05) is 35.8 Å². The van der Waals surface area contributed by atoms with E-state index in [9.17, 15) is 5.11 Å². The van der Waals surface area contributed by atoms with Gasteiger partial charge in [-0.2, -0.15) is 0 Å². The van der Waals surface area contributed by atoms with Crippen molar-refractivity contribution in [2.24, 2.45) is 0 Å². The van der Waals surface area contributed by atoms with E-state index < -0.39 is 0 Å². The van der Waals surface area contributed by atoms with Crippen LogP contribution in [0.2, 0.25) is 0 Å². The molecule has 2 N–H and O–H groups in total. The third-order valence-corrected chi connectivity index (χ3v) is 3.62. The number of halogens is 1. The van der Waals surface area contributed by atoms with Gasteiger partial charge in [0.15, 0.2) is 0 Å². The molecule has 0 aromatic heterocycles. The van der Waals surface area contributed by atoms with Crippen LogP contribution < -0.4 is 10.2 Å². The predicted octanol–water partition coefficient (Wildman–Crippen LogP) is 1.92. The molecule has 0 aliphatic carbocycles. The number of hydrogen-bond donors (Lipinski definition) is 2. The zero-order chi connectivity index (χ0) is 12.4. The summed E-state index contributed by atoms with van der Waals surface area (Å²) in [6.07, 6.45) is -0.303.